The van der Waals surface area contributed by atoms with Crippen molar-refractivity contribution in [2.45, 2.75) is 33.1 Å². The van der Waals surface area contributed by atoms with Crippen molar-refractivity contribution in [3.8, 4) is 0 Å². The summed E-state index contributed by atoms with van der Waals surface area (Å²) in [5, 5.41) is 0. The number of thiol groups is 1. The summed E-state index contributed by atoms with van der Waals surface area (Å²) in [5.41, 5.74) is 0. The van der Waals surface area contributed by atoms with E-state index in [-0.39, 0.29) is 5.92 Å². The molecule has 0 radical (unpaired) electrons. The lowest BCUT2D eigenvalue weighted by Gasteiger charge is -2.03. The number of unbranched alkanes of at least 4 members (excludes halogenated alkanes) is 1. The van der Waals surface area contributed by atoms with Crippen LogP contribution in [0.1, 0.15) is 33.1 Å². The Bertz CT molecular complexity index is 128. The Labute approximate surface area is 83.8 Å². The summed E-state index contributed by atoms with van der Waals surface area (Å²) in [4.78, 5) is 11.1. The number of hydrogen-bond acceptors (Lipinski definition) is 4. The molecule has 0 aliphatic heterocycles. The molecular formula is C8H17NOS2. The highest BCUT2D eigenvalue weighted by molar-refractivity contribution is 8.67. The van der Waals surface area contributed by atoms with E-state index in [1.54, 1.807) is 0 Å². The van der Waals surface area contributed by atoms with Gasteiger partial charge in [0.05, 0.1) is 0 Å². The third kappa shape index (κ3) is 7.00. The van der Waals surface area contributed by atoms with E-state index >= 15 is 0 Å². The quantitative estimate of drug-likeness (QED) is 0.291. The van der Waals surface area contributed by atoms with Gasteiger partial charge in [0.25, 0.3) is 0 Å². The third-order valence-electron chi connectivity index (χ3n) is 1.66. The molecule has 0 aromatic carbocycles. The van der Waals surface area contributed by atoms with E-state index < -0.39 is 0 Å². The summed E-state index contributed by atoms with van der Waals surface area (Å²) in [7, 11) is 1.33. The zero-order valence-corrected chi connectivity index (χ0v) is 9.38. The molecule has 12 heavy (non-hydrogen) atoms. The smallest absolute Gasteiger partial charge is 0.135 e. The predicted molar refractivity (Wildman–Crippen MR) is 58.3 cm³/mol. The zero-order chi connectivity index (χ0) is 9.40. The Morgan fingerprint density at radius 3 is 2.67 bits per heavy atom. The highest BCUT2D eigenvalue weighted by Crippen LogP contribution is 2.04. The van der Waals surface area contributed by atoms with Gasteiger partial charge in [0, 0.05) is 18.9 Å². The maximum absolute atomic E-state index is 11.1. The van der Waals surface area contributed by atoms with Gasteiger partial charge in [0.15, 0.2) is 0 Å². The first-order valence-electron chi connectivity index (χ1n) is 4.24. The number of hydrogen-bond donors (Lipinski definition) is 2. The summed E-state index contributed by atoms with van der Waals surface area (Å²) < 4.78 is 3.02. The summed E-state index contributed by atoms with van der Waals surface area (Å²) in [6.45, 7) is 4.83. The SMILES string of the molecule is CC(C)C(=O)CCCCNSS. The topological polar surface area (TPSA) is 29.1 Å². The minimum atomic E-state index is 0.192. The average Bonchev–Trinajstić information content (AvgIpc) is 2.03. The molecule has 0 aromatic heterocycles. The molecule has 0 fully saturated rings. The minimum Gasteiger partial charge on any atom is -0.299 e. The molecule has 0 bridgehead atoms. The molecule has 0 amide bonds. The van der Waals surface area contributed by atoms with Crippen molar-refractivity contribution < 1.29 is 4.79 Å². The van der Waals surface area contributed by atoms with Crippen molar-refractivity contribution in [2.75, 3.05) is 6.54 Å². The first kappa shape index (κ1) is 12.3. The second-order valence-electron chi connectivity index (χ2n) is 3.06. The van der Waals surface area contributed by atoms with Crippen LogP contribution in [0.15, 0.2) is 0 Å². The van der Waals surface area contributed by atoms with E-state index in [4.69, 9.17) is 0 Å². The van der Waals surface area contributed by atoms with E-state index in [0.29, 0.717) is 5.78 Å². The lowest BCUT2D eigenvalue weighted by molar-refractivity contribution is -0.122. The second kappa shape index (κ2) is 7.95. The van der Waals surface area contributed by atoms with Crippen LogP contribution in [0.2, 0.25) is 0 Å². The van der Waals surface area contributed by atoms with Crippen LogP contribution >= 0.6 is 22.6 Å². The Hall–Kier alpha value is 0.330. The van der Waals surface area contributed by atoms with Gasteiger partial charge in [-0.05, 0) is 23.8 Å². The highest BCUT2D eigenvalue weighted by Gasteiger charge is 2.05. The van der Waals surface area contributed by atoms with Gasteiger partial charge in [-0.2, -0.15) is 0 Å². The van der Waals surface area contributed by atoms with E-state index in [0.717, 1.165) is 25.8 Å². The predicted octanol–water partition coefficient (Wildman–Crippen LogP) is 2.46. The Morgan fingerprint density at radius 2 is 2.17 bits per heavy atom. The van der Waals surface area contributed by atoms with Crippen molar-refractivity contribution in [2.24, 2.45) is 5.92 Å². The molecule has 1 N–H and O–H groups in total. The number of rotatable bonds is 7. The molecule has 0 spiro atoms. The zero-order valence-electron chi connectivity index (χ0n) is 7.67. The van der Waals surface area contributed by atoms with Crippen molar-refractivity contribution in [3.63, 3.8) is 0 Å². The van der Waals surface area contributed by atoms with Gasteiger partial charge >= 0.3 is 0 Å². The average molecular weight is 207 g/mol. The first-order chi connectivity index (χ1) is 5.68. The Balaban J connectivity index is 3.14. The summed E-state index contributed by atoms with van der Waals surface area (Å²) in [5.74, 6) is 0.561. The molecule has 0 saturated carbocycles. The summed E-state index contributed by atoms with van der Waals surface area (Å²) in [6, 6.07) is 0. The third-order valence-corrected chi connectivity index (χ3v) is 2.38. The molecule has 72 valence electrons. The maximum atomic E-state index is 11.1. The molecule has 0 aromatic rings. The summed E-state index contributed by atoms with van der Waals surface area (Å²) in [6.07, 6.45) is 2.75. The molecule has 0 unspecified atom stereocenters. The highest BCUT2D eigenvalue weighted by atomic mass is 33.1. The molecule has 2 nitrogen and oxygen atoms in total. The first-order valence-corrected chi connectivity index (χ1v) is 6.11. The van der Waals surface area contributed by atoms with Gasteiger partial charge in [-0.25, -0.2) is 0 Å². The molecule has 4 heteroatoms. The van der Waals surface area contributed by atoms with E-state index in [9.17, 15) is 4.79 Å². The van der Waals surface area contributed by atoms with E-state index in [1.165, 1.54) is 11.0 Å². The molecule has 0 saturated heterocycles. The van der Waals surface area contributed by atoms with Crippen LogP contribution in [0, 0.1) is 5.92 Å². The number of nitrogens with one attached hydrogen (secondary N) is 1. The normalized spacial score (nSPS) is 10.7. The van der Waals surface area contributed by atoms with Crippen LogP contribution in [-0.2, 0) is 4.79 Å². The fourth-order valence-electron chi connectivity index (χ4n) is 0.831. The van der Waals surface area contributed by atoms with E-state index in [1.807, 2.05) is 13.8 Å². The van der Waals surface area contributed by atoms with Crippen molar-refractivity contribution in [1.82, 2.24) is 4.72 Å². The van der Waals surface area contributed by atoms with Gasteiger partial charge < -0.3 is 0 Å². The van der Waals surface area contributed by atoms with Crippen LogP contribution in [0.3, 0.4) is 0 Å². The maximum Gasteiger partial charge on any atom is 0.135 e. The van der Waals surface area contributed by atoms with Gasteiger partial charge in [0.2, 0.25) is 0 Å². The standard InChI is InChI=1S/C8H17NOS2/c1-7(2)8(10)5-3-4-6-9-12-11/h7,9,11H,3-6H2,1-2H3. The van der Waals surface area contributed by atoms with Gasteiger partial charge in [-0.3, -0.25) is 9.52 Å². The van der Waals surface area contributed by atoms with Crippen LogP contribution in [-0.4, -0.2) is 12.3 Å². The number of carbonyl (C=O) groups excluding carboxylic acids is 1. The summed E-state index contributed by atoms with van der Waals surface area (Å²) >= 11 is 3.93. The number of carbonyl (C=O) groups is 1. The van der Waals surface area contributed by atoms with Crippen LogP contribution in [0.4, 0.5) is 0 Å². The molecule has 0 atom stereocenters. The molecule has 0 aliphatic carbocycles. The number of ketones is 1. The molecule has 0 aliphatic rings. The van der Waals surface area contributed by atoms with Crippen LogP contribution in [0.25, 0.3) is 0 Å². The second-order valence-corrected chi connectivity index (χ2v) is 4.08. The van der Waals surface area contributed by atoms with Gasteiger partial charge in [0.1, 0.15) is 5.78 Å². The fourth-order valence-corrected chi connectivity index (χ4v) is 1.34. The van der Waals surface area contributed by atoms with Crippen LogP contribution < -0.4 is 4.72 Å². The van der Waals surface area contributed by atoms with Crippen LogP contribution in [0.5, 0.6) is 0 Å². The Kier molecular flexibility index (Phi) is 8.17. The molecule has 0 heterocycles. The Morgan fingerprint density at radius 1 is 1.50 bits per heavy atom. The monoisotopic (exact) mass is 207 g/mol. The largest absolute Gasteiger partial charge is 0.299 e. The fraction of sp³-hybridized carbons (Fsp3) is 0.875. The lowest BCUT2D eigenvalue weighted by Crippen LogP contribution is -2.08. The van der Waals surface area contributed by atoms with Gasteiger partial charge in [-0.15, -0.1) is 0 Å². The lowest BCUT2D eigenvalue weighted by atomic mass is 10.0. The van der Waals surface area contributed by atoms with E-state index in [2.05, 4.69) is 16.4 Å². The van der Waals surface area contributed by atoms with Crippen molar-refractivity contribution in [3.05, 3.63) is 0 Å². The molecular weight excluding hydrogens is 190 g/mol. The number of Topliss-reactive ketones (excluding diaryl/α,β-unsaturated/α-hetero) is 1. The van der Waals surface area contributed by atoms with Crippen molar-refractivity contribution in [1.29, 1.82) is 0 Å². The minimum absolute atomic E-state index is 0.192. The van der Waals surface area contributed by atoms with Crippen molar-refractivity contribution >= 4 is 28.4 Å². The van der Waals surface area contributed by atoms with Gasteiger partial charge in [-0.1, -0.05) is 25.5 Å². The molecule has 0 rings (SSSR count).